The summed E-state index contributed by atoms with van der Waals surface area (Å²) in [6.07, 6.45) is 1.38. The Kier molecular flexibility index (Phi) is 5.51. The highest BCUT2D eigenvalue weighted by Gasteiger charge is 2.21. The van der Waals surface area contributed by atoms with Crippen LogP contribution >= 0.6 is 0 Å². The summed E-state index contributed by atoms with van der Waals surface area (Å²) < 4.78 is 0. The summed E-state index contributed by atoms with van der Waals surface area (Å²) in [5, 5.41) is 13.4. The molecule has 0 aliphatic carbocycles. The van der Waals surface area contributed by atoms with E-state index in [4.69, 9.17) is 5.73 Å². The molecule has 0 aromatic heterocycles. The summed E-state index contributed by atoms with van der Waals surface area (Å²) in [6, 6.07) is 6.72. The molecule has 0 saturated carbocycles. The number of Topliss-reactive ketones (excluding diaryl/α,β-unsaturated/α-hetero) is 1. The molecule has 1 aromatic carbocycles. The van der Waals surface area contributed by atoms with Crippen molar-refractivity contribution in [2.45, 2.75) is 45.3 Å². The third kappa shape index (κ3) is 4.33. The van der Waals surface area contributed by atoms with Crippen LogP contribution in [0.2, 0.25) is 0 Å². The van der Waals surface area contributed by atoms with E-state index in [1.807, 2.05) is 26.0 Å². The Balaban J connectivity index is 2.75. The smallest absolute Gasteiger partial charge is 0.179 e. The van der Waals surface area contributed by atoms with Gasteiger partial charge in [0.2, 0.25) is 0 Å². The molecule has 0 amide bonds. The lowest BCUT2D eigenvalue weighted by Crippen LogP contribution is -2.35. The number of hydrogen-bond donors (Lipinski definition) is 3. The van der Waals surface area contributed by atoms with E-state index < -0.39 is 11.6 Å². The van der Waals surface area contributed by atoms with E-state index in [1.165, 1.54) is 0 Å². The average Bonchev–Trinajstić information content (AvgIpc) is 2.44. The third-order valence-corrected chi connectivity index (χ3v) is 3.50. The van der Waals surface area contributed by atoms with Gasteiger partial charge in [-0.05, 0) is 31.9 Å². The van der Waals surface area contributed by atoms with E-state index in [0.29, 0.717) is 24.9 Å². The zero-order valence-electron chi connectivity index (χ0n) is 11.9. The molecule has 19 heavy (non-hydrogen) atoms. The van der Waals surface area contributed by atoms with Crippen molar-refractivity contribution in [1.82, 2.24) is 0 Å². The lowest BCUT2D eigenvalue weighted by molar-refractivity contribution is 0.0457. The normalized spacial score (nSPS) is 13.1. The van der Waals surface area contributed by atoms with Crippen molar-refractivity contribution in [3.8, 4) is 0 Å². The quantitative estimate of drug-likeness (QED) is 0.660. The molecular weight excluding hydrogens is 240 g/mol. The average molecular weight is 264 g/mol. The van der Waals surface area contributed by atoms with E-state index >= 15 is 0 Å². The number of anilines is 1. The number of hydrogen-bond acceptors (Lipinski definition) is 4. The second-order valence-electron chi connectivity index (χ2n) is 5.02. The number of carbonyl (C=O) groups excluding carboxylic acids is 1. The van der Waals surface area contributed by atoms with Crippen LogP contribution in [0.15, 0.2) is 24.3 Å². The van der Waals surface area contributed by atoms with Crippen LogP contribution in [0, 0.1) is 0 Å². The molecule has 0 aliphatic heterocycles. The second-order valence-corrected chi connectivity index (χ2v) is 5.02. The number of ketones is 1. The standard InChI is InChI=1S/C15H24N2O2/c1-4-15(19,5-2)10-17-13-8-6-7-12(9-13)14(18)11(3)16/h6-9,11,17,19H,4-5,10,16H2,1-3H3. The summed E-state index contributed by atoms with van der Waals surface area (Å²) >= 11 is 0. The maximum absolute atomic E-state index is 11.8. The van der Waals surface area contributed by atoms with Gasteiger partial charge in [0.05, 0.1) is 11.6 Å². The minimum atomic E-state index is -0.707. The van der Waals surface area contributed by atoms with Crippen molar-refractivity contribution < 1.29 is 9.90 Å². The molecule has 0 saturated heterocycles. The molecule has 4 N–H and O–H groups in total. The molecule has 1 atom stereocenters. The molecule has 4 heteroatoms. The Labute approximate surface area is 115 Å². The van der Waals surface area contributed by atoms with Crippen LogP contribution in [-0.4, -0.2) is 29.1 Å². The molecule has 1 rings (SSSR count). The Morgan fingerprint density at radius 2 is 2.05 bits per heavy atom. The fraction of sp³-hybridized carbons (Fsp3) is 0.533. The molecule has 106 valence electrons. The maximum atomic E-state index is 11.8. The molecule has 1 aromatic rings. The molecule has 4 nitrogen and oxygen atoms in total. The van der Waals surface area contributed by atoms with Crippen LogP contribution in [0.25, 0.3) is 0 Å². The van der Waals surface area contributed by atoms with Gasteiger partial charge < -0.3 is 16.2 Å². The molecule has 1 unspecified atom stereocenters. The van der Waals surface area contributed by atoms with Crippen LogP contribution in [0.4, 0.5) is 5.69 Å². The third-order valence-electron chi connectivity index (χ3n) is 3.50. The largest absolute Gasteiger partial charge is 0.388 e. The van der Waals surface area contributed by atoms with E-state index in [1.54, 1.807) is 19.1 Å². The van der Waals surface area contributed by atoms with Crippen LogP contribution in [0.1, 0.15) is 44.0 Å². The summed E-state index contributed by atoms with van der Waals surface area (Å²) in [5.41, 5.74) is 6.31. The topological polar surface area (TPSA) is 75.3 Å². The number of benzene rings is 1. The van der Waals surface area contributed by atoms with E-state index in [-0.39, 0.29) is 5.78 Å². The summed E-state index contributed by atoms with van der Waals surface area (Å²) in [7, 11) is 0. The number of nitrogens with one attached hydrogen (secondary N) is 1. The van der Waals surface area contributed by atoms with Crippen molar-refractivity contribution in [2.75, 3.05) is 11.9 Å². The first kappa shape index (κ1) is 15.7. The first-order valence-corrected chi connectivity index (χ1v) is 6.78. The predicted molar refractivity (Wildman–Crippen MR) is 78.4 cm³/mol. The molecule has 0 fully saturated rings. The zero-order chi connectivity index (χ0) is 14.5. The first-order valence-electron chi connectivity index (χ1n) is 6.78. The van der Waals surface area contributed by atoms with E-state index in [0.717, 1.165) is 5.69 Å². The van der Waals surface area contributed by atoms with E-state index in [2.05, 4.69) is 5.32 Å². The van der Waals surface area contributed by atoms with Gasteiger partial charge >= 0.3 is 0 Å². The van der Waals surface area contributed by atoms with Gasteiger partial charge in [0.25, 0.3) is 0 Å². The molecule has 0 bridgehead atoms. The first-order chi connectivity index (χ1) is 8.91. The highest BCUT2D eigenvalue weighted by atomic mass is 16.3. The lowest BCUT2D eigenvalue weighted by atomic mass is 9.97. The van der Waals surface area contributed by atoms with Gasteiger partial charge in [0.1, 0.15) is 0 Å². The van der Waals surface area contributed by atoms with Gasteiger partial charge in [-0.1, -0.05) is 26.0 Å². The van der Waals surface area contributed by atoms with Crippen molar-refractivity contribution in [3.63, 3.8) is 0 Å². The molecule has 0 spiro atoms. The lowest BCUT2D eigenvalue weighted by Gasteiger charge is -2.26. The fourth-order valence-electron chi connectivity index (χ4n) is 1.81. The van der Waals surface area contributed by atoms with Gasteiger partial charge in [0.15, 0.2) is 5.78 Å². The SMILES string of the molecule is CCC(O)(CC)CNc1cccc(C(=O)C(C)N)c1. The number of nitrogens with two attached hydrogens (primary N) is 1. The van der Waals surface area contributed by atoms with Crippen LogP contribution in [-0.2, 0) is 0 Å². The number of carbonyl (C=O) groups is 1. The van der Waals surface area contributed by atoms with Crippen molar-refractivity contribution >= 4 is 11.5 Å². The van der Waals surface area contributed by atoms with E-state index in [9.17, 15) is 9.90 Å². The minimum Gasteiger partial charge on any atom is -0.388 e. The van der Waals surface area contributed by atoms with Crippen molar-refractivity contribution in [2.24, 2.45) is 5.73 Å². The van der Waals surface area contributed by atoms with Gasteiger partial charge in [-0.15, -0.1) is 0 Å². The zero-order valence-corrected chi connectivity index (χ0v) is 11.9. The van der Waals surface area contributed by atoms with Crippen LogP contribution in [0.3, 0.4) is 0 Å². The Hall–Kier alpha value is -1.39. The highest BCUT2D eigenvalue weighted by Crippen LogP contribution is 2.17. The number of aliphatic hydroxyl groups is 1. The molecule has 0 radical (unpaired) electrons. The van der Waals surface area contributed by atoms with Gasteiger partial charge in [0, 0.05) is 17.8 Å². The summed E-state index contributed by atoms with van der Waals surface area (Å²) in [4.78, 5) is 11.8. The minimum absolute atomic E-state index is 0.0788. The maximum Gasteiger partial charge on any atom is 0.179 e. The Morgan fingerprint density at radius 1 is 1.42 bits per heavy atom. The molecule has 0 aliphatic rings. The predicted octanol–water partition coefficient (Wildman–Crippen LogP) is 2.18. The Morgan fingerprint density at radius 3 is 2.58 bits per heavy atom. The fourth-order valence-corrected chi connectivity index (χ4v) is 1.81. The Bertz CT molecular complexity index is 426. The highest BCUT2D eigenvalue weighted by molar-refractivity contribution is 6.00. The van der Waals surface area contributed by atoms with Crippen LogP contribution < -0.4 is 11.1 Å². The van der Waals surface area contributed by atoms with Gasteiger partial charge in [-0.25, -0.2) is 0 Å². The molecule has 0 heterocycles. The summed E-state index contributed by atoms with van der Waals surface area (Å²) in [6.45, 7) is 6.06. The van der Waals surface area contributed by atoms with Crippen molar-refractivity contribution in [1.29, 1.82) is 0 Å². The van der Waals surface area contributed by atoms with Crippen molar-refractivity contribution in [3.05, 3.63) is 29.8 Å². The summed E-state index contributed by atoms with van der Waals surface area (Å²) in [5.74, 6) is -0.0788. The van der Waals surface area contributed by atoms with Gasteiger partial charge in [-0.3, -0.25) is 4.79 Å². The van der Waals surface area contributed by atoms with Gasteiger partial charge in [-0.2, -0.15) is 0 Å². The number of rotatable bonds is 7. The monoisotopic (exact) mass is 264 g/mol. The second kappa shape index (κ2) is 6.68. The molecular formula is C15H24N2O2. The van der Waals surface area contributed by atoms with Crippen LogP contribution in [0.5, 0.6) is 0 Å².